The molecule has 156 valence electrons. The first kappa shape index (κ1) is 25.1. The molecule has 0 rings (SSSR count). The highest BCUT2D eigenvalue weighted by atomic mass is 32.1. The SMILES string of the molecule is COCCOCCNC(=O)[C@H](CS)NC(=O)[C@@H](C)NC(=O)[C@H](C)NC(C)=O. The summed E-state index contributed by atoms with van der Waals surface area (Å²) in [4.78, 5) is 47.1. The Labute approximate surface area is 164 Å². The summed E-state index contributed by atoms with van der Waals surface area (Å²) < 4.78 is 10.1. The molecular weight excluding hydrogens is 376 g/mol. The largest absolute Gasteiger partial charge is 0.382 e. The molecule has 0 aliphatic heterocycles. The zero-order chi connectivity index (χ0) is 20.8. The van der Waals surface area contributed by atoms with Gasteiger partial charge in [-0.2, -0.15) is 12.6 Å². The number of amides is 4. The molecule has 0 spiro atoms. The highest BCUT2D eigenvalue weighted by Gasteiger charge is 2.24. The van der Waals surface area contributed by atoms with Crippen molar-refractivity contribution in [2.45, 2.75) is 38.9 Å². The molecule has 0 saturated carbocycles. The first-order chi connectivity index (χ1) is 12.7. The Balaban J connectivity index is 4.34. The van der Waals surface area contributed by atoms with Crippen LogP contribution in [0.5, 0.6) is 0 Å². The van der Waals surface area contributed by atoms with Crippen molar-refractivity contribution in [1.29, 1.82) is 0 Å². The minimum absolute atomic E-state index is 0.0884. The first-order valence-electron chi connectivity index (χ1n) is 8.56. The Hall–Kier alpha value is -1.85. The summed E-state index contributed by atoms with van der Waals surface area (Å²) in [7, 11) is 1.56. The lowest BCUT2D eigenvalue weighted by molar-refractivity contribution is -0.132. The van der Waals surface area contributed by atoms with E-state index in [0.29, 0.717) is 19.8 Å². The summed E-state index contributed by atoms with van der Waals surface area (Å²) in [5.74, 6) is -1.71. The van der Waals surface area contributed by atoms with Gasteiger partial charge in [-0.05, 0) is 13.8 Å². The number of nitrogens with one attached hydrogen (secondary N) is 4. The third-order valence-corrected chi connectivity index (χ3v) is 3.72. The summed E-state index contributed by atoms with van der Waals surface area (Å²) in [6.07, 6.45) is 0. The molecule has 0 unspecified atom stereocenters. The van der Waals surface area contributed by atoms with Crippen LogP contribution in [-0.2, 0) is 28.7 Å². The maximum atomic E-state index is 12.2. The van der Waals surface area contributed by atoms with Gasteiger partial charge in [0.2, 0.25) is 23.6 Å². The molecule has 0 heterocycles. The zero-order valence-corrected chi connectivity index (χ0v) is 17.1. The van der Waals surface area contributed by atoms with Gasteiger partial charge in [0.05, 0.1) is 19.8 Å². The number of methoxy groups -OCH3 is 1. The molecule has 4 N–H and O–H groups in total. The van der Waals surface area contributed by atoms with Crippen LogP contribution in [0, 0.1) is 0 Å². The smallest absolute Gasteiger partial charge is 0.243 e. The van der Waals surface area contributed by atoms with E-state index >= 15 is 0 Å². The van der Waals surface area contributed by atoms with Crippen LogP contribution in [0.15, 0.2) is 0 Å². The molecule has 0 aliphatic rings. The second-order valence-corrected chi connectivity index (χ2v) is 6.16. The second-order valence-electron chi connectivity index (χ2n) is 5.79. The van der Waals surface area contributed by atoms with E-state index in [0.717, 1.165) is 0 Å². The van der Waals surface area contributed by atoms with Gasteiger partial charge in [-0.25, -0.2) is 0 Å². The van der Waals surface area contributed by atoms with Crippen molar-refractivity contribution in [3.05, 3.63) is 0 Å². The van der Waals surface area contributed by atoms with E-state index in [1.54, 1.807) is 7.11 Å². The zero-order valence-electron chi connectivity index (χ0n) is 16.2. The number of carbonyl (C=O) groups is 4. The molecule has 0 aliphatic carbocycles. The van der Waals surface area contributed by atoms with Crippen LogP contribution in [0.3, 0.4) is 0 Å². The van der Waals surface area contributed by atoms with Crippen LogP contribution < -0.4 is 21.3 Å². The highest BCUT2D eigenvalue weighted by molar-refractivity contribution is 7.80. The predicted molar refractivity (Wildman–Crippen MR) is 102 cm³/mol. The molecule has 0 aromatic heterocycles. The van der Waals surface area contributed by atoms with Crippen LogP contribution >= 0.6 is 12.6 Å². The van der Waals surface area contributed by atoms with Crippen molar-refractivity contribution >= 4 is 36.3 Å². The van der Waals surface area contributed by atoms with Gasteiger partial charge in [0, 0.05) is 26.3 Å². The molecule has 0 radical (unpaired) electrons. The van der Waals surface area contributed by atoms with Gasteiger partial charge in [-0.1, -0.05) is 0 Å². The Kier molecular flexibility index (Phi) is 13.3. The van der Waals surface area contributed by atoms with E-state index in [1.807, 2.05) is 0 Å². The number of thiol groups is 1. The number of hydrogen-bond acceptors (Lipinski definition) is 7. The van der Waals surface area contributed by atoms with Crippen molar-refractivity contribution in [1.82, 2.24) is 21.3 Å². The van der Waals surface area contributed by atoms with Crippen LogP contribution in [0.25, 0.3) is 0 Å². The lowest BCUT2D eigenvalue weighted by Gasteiger charge is -2.21. The average Bonchev–Trinajstić information content (AvgIpc) is 2.61. The van der Waals surface area contributed by atoms with Crippen molar-refractivity contribution in [2.24, 2.45) is 0 Å². The molecule has 3 atom stereocenters. The van der Waals surface area contributed by atoms with Crippen LogP contribution in [0.1, 0.15) is 20.8 Å². The van der Waals surface area contributed by atoms with Gasteiger partial charge in [0.15, 0.2) is 0 Å². The first-order valence-corrected chi connectivity index (χ1v) is 9.19. The topological polar surface area (TPSA) is 135 Å². The predicted octanol–water partition coefficient (Wildman–Crippen LogP) is -1.79. The number of hydrogen-bond donors (Lipinski definition) is 5. The maximum absolute atomic E-state index is 12.2. The van der Waals surface area contributed by atoms with Crippen molar-refractivity contribution < 1.29 is 28.7 Å². The van der Waals surface area contributed by atoms with Crippen LogP contribution in [-0.4, -0.2) is 81.0 Å². The Morgan fingerprint density at radius 2 is 1.48 bits per heavy atom. The van der Waals surface area contributed by atoms with Gasteiger partial charge in [0.1, 0.15) is 18.1 Å². The van der Waals surface area contributed by atoms with Gasteiger partial charge >= 0.3 is 0 Å². The fourth-order valence-corrected chi connectivity index (χ4v) is 2.14. The van der Waals surface area contributed by atoms with E-state index in [4.69, 9.17) is 9.47 Å². The lowest BCUT2D eigenvalue weighted by Crippen LogP contribution is -2.55. The van der Waals surface area contributed by atoms with E-state index in [2.05, 4.69) is 33.9 Å². The molecule has 0 bridgehead atoms. The van der Waals surface area contributed by atoms with Crippen molar-refractivity contribution in [3.8, 4) is 0 Å². The Bertz CT molecular complexity index is 505. The molecule has 0 fully saturated rings. The van der Waals surface area contributed by atoms with Gasteiger partial charge in [-0.3, -0.25) is 19.2 Å². The number of carbonyl (C=O) groups excluding carboxylic acids is 4. The molecule has 0 aromatic rings. The minimum Gasteiger partial charge on any atom is -0.382 e. The van der Waals surface area contributed by atoms with Crippen LogP contribution in [0.2, 0.25) is 0 Å². The fourth-order valence-electron chi connectivity index (χ4n) is 1.88. The normalized spacial score (nSPS) is 13.8. The van der Waals surface area contributed by atoms with Crippen molar-refractivity contribution in [2.75, 3.05) is 39.2 Å². The fraction of sp³-hybridized carbons (Fsp3) is 0.750. The standard InChI is InChI=1S/C16H30N4O6S/c1-10(18-12(3)21)14(22)19-11(2)15(23)20-13(9-27)16(24)17-5-6-26-8-7-25-4/h10-11,13,27H,5-9H2,1-4H3,(H,17,24)(H,18,21)(H,19,22)(H,20,23)/t10-,11+,13-/m0/s1. The van der Waals surface area contributed by atoms with Crippen molar-refractivity contribution in [3.63, 3.8) is 0 Å². The van der Waals surface area contributed by atoms with Gasteiger partial charge in [0.25, 0.3) is 0 Å². The number of rotatable bonds is 13. The molecular formula is C16H30N4O6S. The van der Waals surface area contributed by atoms with Gasteiger partial charge in [-0.15, -0.1) is 0 Å². The maximum Gasteiger partial charge on any atom is 0.243 e. The average molecular weight is 407 g/mol. The molecule has 4 amide bonds. The molecule has 27 heavy (non-hydrogen) atoms. The minimum atomic E-state index is -0.888. The third-order valence-electron chi connectivity index (χ3n) is 3.36. The summed E-state index contributed by atoms with van der Waals surface area (Å²) >= 11 is 4.07. The molecule has 0 saturated heterocycles. The van der Waals surface area contributed by atoms with E-state index in [-0.39, 0.29) is 18.2 Å². The molecule has 0 aromatic carbocycles. The lowest BCUT2D eigenvalue weighted by atomic mass is 10.2. The Morgan fingerprint density at radius 3 is 2.04 bits per heavy atom. The molecule has 10 nitrogen and oxygen atoms in total. The van der Waals surface area contributed by atoms with E-state index in [9.17, 15) is 19.2 Å². The van der Waals surface area contributed by atoms with Gasteiger partial charge < -0.3 is 30.7 Å². The summed E-state index contributed by atoms with van der Waals surface area (Å²) in [6, 6.07) is -2.52. The monoisotopic (exact) mass is 406 g/mol. The number of ether oxygens (including phenoxy) is 2. The Morgan fingerprint density at radius 1 is 0.889 bits per heavy atom. The highest BCUT2D eigenvalue weighted by Crippen LogP contribution is 1.93. The van der Waals surface area contributed by atoms with E-state index < -0.39 is 35.8 Å². The van der Waals surface area contributed by atoms with E-state index in [1.165, 1.54) is 20.8 Å². The second kappa shape index (κ2) is 14.2. The molecule has 11 heteroatoms. The van der Waals surface area contributed by atoms with Crippen LogP contribution in [0.4, 0.5) is 0 Å². The summed E-state index contributed by atoms with van der Waals surface area (Å²) in [6.45, 7) is 5.75. The summed E-state index contributed by atoms with van der Waals surface area (Å²) in [5.41, 5.74) is 0. The summed E-state index contributed by atoms with van der Waals surface area (Å²) in [5, 5.41) is 10.0. The third kappa shape index (κ3) is 11.5. The quantitative estimate of drug-likeness (QED) is 0.181.